The number of carbonyl (C=O) groups is 6. The normalized spacial score (nSPS) is 24.2. The number of amides is 6. The van der Waals surface area contributed by atoms with E-state index in [1.807, 2.05) is 41.5 Å². The lowest BCUT2D eigenvalue weighted by molar-refractivity contribution is -0.151. The zero-order valence-electron chi connectivity index (χ0n) is 31.1. The van der Waals surface area contributed by atoms with Crippen LogP contribution in [-0.4, -0.2) is 135 Å². The second-order valence-corrected chi connectivity index (χ2v) is 15.6. The van der Waals surface area contributed by atoms with E-state index in [-0.39, 0.29) is 53.2 Å². The van der Waals surface area contributed by atoms with Gasteiger partial charge in [-0.3, -0.25) is 28.8 Å². The summed E-state index contributed by atoms with van der Waals surface area (Å²) in [6.07, 6.45) is 1.52. The van der Waals surface area contributed by atoms with Crippen molar-refractivity contribution in [3.63, 3.8) is 0 Å². The summed E-state index contributed by atoms with van der Waals surface area (Å²) < 4.78 is 0. The lowest BCUT2D eigenvalue weighted by Crippen LogP contribution is -2.56. The van der Waals surface area contributed by atoms with Gasteiger partial charge in [-0.25, -0.2) is 0 Å². The highest BCUT2D eigenvalue weighted by atomic mass is 16.2. The minimum atomic E-state index is -0.649. The van der Waals surface area contributed by atoms with E-state index in [9.17, 15) is 28.8 Å². The summed E-state index contributed by atoms with van der Waals surface area (Å²) in [6, 6.07) is 0. The topological polar surface area (TPSA) is 252 Å². The second kappa shape index (κ2) is 18.8. The Balaban J connectivity index is 0.000000407. The van der Waals surface area contributed by atoms with E-state index < -0.39 is 16.2 Å². The summed E-state index contributed by atoms with van der Waals surface area (Å²) in [7, 11) is 0. The van der Waals surface area contributed by atoms with E-state index in [2.05, 4.69) is 16.0 Å². The van der Waals surface area contributed by atoms with Crippen molar-refractivity contribution in [1.82, 2.24) is 30.7 Å². The maximum atomic E-state index is 12.8. The molecule has 0 radical (unpaired) electrons. The molecule has 0 bridgehead atoms. The molecule has 0 aliphatic carbocycles. The second-order valence-electron chi connectivity index (χ2n) is 15.6. The average molecular weight is 709 g/mol. The van der Waals surface area contributed by atoms with Crippen LogP contribution in [0.1, 0.15) is 60.8 Å². The van der Waals surface area contributed by atoms with Crippen LogP contribution in [0.2, 0.25) is 0 Å². The van der Waals surface area contributed by atoms with Crippen molar-refractivity contribution < 1.29 is 28.8 Å². The monoisotopic (exact) mass is 709 g/mol. The van der Waals surface area contributed by atoms with E-state index in [4.69, 9.17) is 22.9 Å². The minimum absolute atomic E-state index is 0.0202. The number of carbonyl (C=O) groups excluding carboxylic acids is 6. The highest BCUT2D eigenvalue weighted by Gasteiger charge is 2.45. The van der Waals surface area contributed by atoms with Crippen LogP contribution in [0.3, 0.4) is 0 Å². The van der Waals surface area contributed by atoms with Gasteiger partial charge in [-0.05, 0) is 19.3 Å². The van der Waals surface area contributed by atoms with Crippen LogP contribution >= 0.6 is 0 Å². The van der Waals surface area contributed by atoms with E-state index in [1.165, 1.54) is 0 Å². The van der Waals surface area contributed by atoms with Gasteiger partial charge in [0.15, 0.2) is 0 Å². The highest BCUT2D eigenvalue weighted by molar-refractivity contribution is 5.89. The Morgan fingerprint density at radius 1 is 0.520 bits per heavy atom. The number of likely N-dealkylation sites (tertiary alicyclic amines) is 3. The average Bonchev–Trinajstić information content (AvgIpc) is 3.04. The van der Waals surface area contributed by atoms with Crippen molar-refractivity contribution in [1.29, 1.82) is 0 Å². The molecule has 0 aromatic rings. The van der Waals surface area contributed by atoms with Gasteiger partial charge < -0.3 is 53.6 Å². The van der Waals surface area contributed by atoms with Crippen molar-refractivity contribution >= 4 is 35.4 Å². The molecule has 3 saturated heterocycles. The molecule has 3 rings (SSSR count). The molecule has 50 heavy (non-hydrogen) atoms. The zero-order valence-corrected chi connectivity index (χ0v) is 31.1. The van der Waals surface area contributed by atoms with Gasteiger partial charge in [0.1, 0.15) is 0 Å². The Kier molecular flexibility index (Phi) is 16.1. The van der Waals surface area contributed by atoms with Crippen LogP contribution in [0.25, 0.3) is 0 Å². The van der Waals surface area contributed by atoms with Gasteiger partial charge in [0, 0.05) is 101 Å². The molecule has 0 spiro atoms. The lowest BCUT2D eigenvalue weighted by atomic mass is 9.77. The third-order valence-corrected chi connectivity index (χ3v) is 9.67. The summed E-state index contributed by atoms with van der Waals surface area (Å²) in [5.74, 6) is -0.972. The fourth-order valence-corrected chi connectivity index (χ4v) is 7.19. The zero-order chi connectivity index (χ0) is 37.9. The number of nitrogens with zero attached hydrogens (tertiary/aromatic N) is 3. The smallest absolute Gasteiger partial charge is 0.228 e. The van der Waals surface area contributed by atoms with Crippen LogP contribution in [-0.2, 0) is 28.8 Å². The Morgan fingerprint density at radius 3 is 1.08 bits per heavy atom. The first-order chi connectivity index (χ1) is 23.3. The number of nitrogens with two attached hydrogens (primary N) is 4. The van der Waals surface area contributed by atoms with E-state index in [0.717, 1.165) is 0 Å². The van der Waals surface area contributed by atoms with Gasteiger partial charge in [0.05, 0.1) is 17.8 Å². The van der Waals surface area contributed by atoms with Gasteiger partial charge in [-0.1, -0.05) is 41.5 Å². The fourth-order valence-electron chi connectivity index (χ4n) is 7.19. The summed E-state index contributed by atoms with van der Waals surface area (Å²) in [6.45, 7) is 16.3. The molecule has 3 atom stereocenters. The molecule has 0 aromatic carbocycles. The first-order valence-corrected chi connectivity index (χ1v) is 17.9. The van der Waals surface area contributed by atoms with Crippen molar-refractivity contribution in [3.05, 3.63) is 0 Å². The molecule has 0 aromatic heterocycles. The summed E-state index contributed by atoms with van der Waals surface area (Å²) >= 11 is 0. The molecular weight excluding hydrogens is 644 g/mol. The molecule has 286 valence electrons. The predicted octanol–water partition coefficient (Wildman–Crippen LogP) is -2.22. The van der Waals surface area contributed by atoms with Crippen LogP contribution in [0, 0.1) is 34.0 Å². The van der Waals surface area contributed by atoms with Crippen molar-refractivity contribution in [3.8, 4) is 0 Å². The molecule has 3 aliphatic rings. The molecule has 3 unspecified atom stereocenters. The maximum absolute atomic E-state index is 12.8. The third kappa shape index (κ3) is 11.6. The number of hydrogen-bond donors (Lipinski definition) is 7. The minimum Gasteiger partial charge on any atom is -0.355 e. The third-order valence-electron chi connectivity index (χ3n) is 9.67. The van der Waals surface area contributed by atoms with Crippen LogP contribution < -0.4 is 38.9 Å². The van der Waals surface area contributed by atoms with Gasteiger partial charge in [0.2, 0.25) is 35.4 Å². The number of piperidine rings is 3. The van der Waals surface area contributed by atoms with Crippen LogP contribution in [0.15, 0.2) is 0 Å². The van der Waals surface area contributed by atoms with Gasteiger partial charge in [-0.2, -0.15) is 0 Å². The SMILES string of the molecule is CC1(C)CC(C(=O)NCCN)CN(CCN)C1=O.CC1(C)CC(C(=O)NCCN2CC(C(=O)NCCN)CC(C)(C)C2=O)CN(CCN)C1=O. The predicted molar refractivity (Wildman–Crippen MR) is 191 cm³/mol. The number of nitrogens with one attached hydrogen (secondary N) is 3. The number of hydrogen-bond acceptors (Lipinski definition) is 10. The Hall–Kier alpha value is -3.34. The molecule has 0 saturated carbocycles. The van der Waals surface area contributed by atoms with Crippen molar-refractivity contribution in [2.24, 2.45) is 56.9 Å². The molecule has 3 fully saturated rings. The van der Waals surface area contributed by atoms with E-state index >= 15 is 0 Å². The standard InChI is InChI=1S/C22H40N6O4.C12H24N4O2/c1-21(2)11-15(13-27(9-6-24)19(21)31)18(30)26-8-10-28-14-16(17(29)25-7-5-23)12-22(3,4)20(28)32;1-12(2)7-9(10(17)15-5-3-13)8-16(6-4-14)11(12)18/h15-16H,5-14,23-24H2,1-4H3,(H,25,29)(H,26,30);9H,3-8,13-14H2,1-2H3,(H,15,17). The van der Waals surface area contributed by atoms with Crippen LogP contribution in [0.4, 0.5) is 0 Å². The molecule has 3 aliphatic heterocycles. The van der Waals surface area contributed by atoms with E-state index in [1.54, 1.807) is 14.7 Å². The van der Waals surface area contributed by atoms with Gasteiger partial charge >= 0.3 is 0 Å². The molecule has 11 N–H and O–H groups in total. The molecule has 16 heteroatoms. The first-order valence-electron chi connectivity index (χ1n) is 17.9. The molecular formula is C34H64N10O6. The Bertz CT molecular complexity index is 1210. The molecule has 16 nitrogen and oxygen atoms in total. The Morgan fingerprint density at radius 2 is 0.800 bits per heavy atom. The highest BCUT2D eigenvalue weighted by Crippen LogP contribution is 2.35. The van der Waals surface area contributed by atoms with Crippen molar-refractivity contribution in [2.45, 2.75) is 60.8 Å². The fraction of sp³-hybridized carbons (Fsp3) is 0.824. The quantitative estimate of drug-likeness (QED) is 0.102. The summed E-state index contributed by atoms with van der Waals surface area (Å²) in [5, 5.41) is 8.51. The van der Waals surface area contributed by atoms with E-state index in [0.29, 0.717) is 104 Å². The summed E-state index contributed by atoms with van der Waals surface area (Å²) in [5.41, 5.74) is 20.2. The molecule has 3 heterocycles. The first kappa shape index (κ1) is 42.8. The largest absolute Gasteiger partial charge is 0.355 e. The Labute approximate surface area is 297 Å². The number of rotatable bonds is 14. The summed E-state index contributed by atoms with van der Waals surface area (Å²) in [4.78, 5) is 79.8. The lowest BCUT2D eigenvalue weighted by Gasteiger charge is -2.42. The molecule has 6 amide bonds. The van der Waals surface area contributed by atoms with Gasteiger partial charge in [-0.15, -0.1) is 0 Å². The van der Waals surface area contributed by atoms with Gasteiger partial charge in [0.25, 0.3) is 0 Å². The van der Waals surface area contributed by atoms with Crippen molar-refractivity contribution in [2.75, 3.05) is 85.1 Å². The maximum Gasteiger partial charge on any atom is 0.228 e. The van der Waals surface area contributed by atoms with Crippen LogP contribution in [0.5, 0.6) is 0 Å².